The van der Waals surface area contributed by atoms with Crippen molar-refractivity contribution in [2.45, 2.75) is 32.1 Å². The van der Waals surface area contributed by atoms with Crippen LogP contribution in [0, 0.1) is 0 Å². The number of carbonyl (C=O) groups excluding carboxylic acids is 1. The molecule has 8 heteroatoms. The first-order valence-electron chi connectivity index (χ1n) is 9.18. The number of amides is 1. The summed E-state index contributed by atoms with van der Waals surface area (Å²) >= 11 is 0. The van der Waals surface area contributed by atoms with E-state index in [1.54, 1.807) is 11.1 Å². The number of carbonyl (C=O) groups is 1. The SMILES string of the molecule is CC(=O)N1CCN(Cc2nccn2Cc2ccccc2)[C@H]2CS(=O)(=O)C[C@H]21. The lowest BCUT2D eigenvalue weighted by Crippen LogP contribution is -2.59. The van der Waals surface area contributed by atoms with Crippen LogP contribution in [0.15, 0.2) is 42.7 Å². The van der Waals surface area contributed by atoms with Crippen molar-refractivity contribution in [2.24, 2.45) is 0 Å². The van der Waals surface area contributed by atoms with E-state index in [0.717, 1.165) is 12.4 Å². The Balaban J connectivity index is 1.53. The molecule has 27 heavy (non-hydrogen) atoms. The number of aromatic nitrogens is 2. The van der Waals surface area contributed by atoms with E-state index in [9.17, 15) is 13.2 Å². The summed E-state index contributed by atoms with van der Waals surface area (Å²) in [5, 5.41) is 0. The van der Waals surface area contributed by atoms with Gasteiger partial charge in [-0.1, -0.05) is 30.3 Å². The van der Waals surface area contributed by atoms with Crippen LogP contribution >= 0.6 is 0 Å². The van der Waals surface area contributed by atoms with Crippen molar-refractivity contribution in [3.05, 3.63) is 54.1 Å². The molecule has 0 bridgehead atoms. The topological polar surface area (TPSA) is 75.5 Å². The highest BCUT2D eigenvalue weighted by Gasteiger charge is 2.47. The summed E-state index contributed by atoms with van der Waals surface area (Å²) in [6.07, 6.45) is 3.74. The number of rotatable bonds is 4. The van der Waals surface area contributed by atoms with E-state index in [0.29, 0.717) is 19.6 Å². The number of nitrogens with zero attached hydrogens (tertiary/aromatic N) is 4. The minimum atomic E-state index is -3.13. The number of hydrogen-bond acceptors (Lipinski definition) is 5. The van der Waals surface area contributed by atoms with Gasteiger partial charge in [-0.05, 0) is 5.56 Å². The Morgan fingerprint density at radius 1 is 1.11 bits per heavy atom. The lowest BCUT2D eigenvalue weighted by molar-refractivity contribution is -0.134. The quantitative estimate of drug-likeness (QED) is 0.773. The molecule has 0 radical (unpaired) electrons. The fraction of sp³-hybridized carbons (Fsp3) is 0.474. The molecule has 0 N–H and O–H groups in total. The average Bonchev–Trinajstić information content (AvgIpc) is 3.18. The molecule has 7 nitrogen and oxygen atoms in total. The Kier molecular flexibility index (Phi) is 4.77. The van der Waals surface area contributed by atoms with Gasteiger partial charge in [0.2, 0.25) is 5.91 Å². The molecule has 2 aromatic rings. The fourth-order valence-electron chi connectivity index (χ4n) is 4.21. The zero-order valence-electron chi connectivity index (χ0n) is 15.4. The molecule has 2 fully saturated rings. The summed E-state index contributed by atoms with van der Waals surface area (Å²) < 4.78 is 26.6. The molecule has 2 aliphatic heterocycles. The maximum atomic E-state index is 12.2. The Morgan fingerprint density at radius 2 is 1.85 bits per heavy atom. The molecule has 1 amide bonds. The number of sulfone groups is 1. The first kappa shape index (κ1) is 18.2. The molecule has 144 valence electrons. The van der Waals surface area contributed by atoms with Gasteiger partial charge in [0.15, 0.2) is 9.84 Å². The monoisotopic (exact) mass is 388 g/mol. The van der Waals surface area contributed by atoms with Gasteiger partial charge in [0, 0.05) is 45.0 Å². The second kappa shape index (κ2) is 7.09. The normalized spacial score (nSPS) is 24.7. The van der Waals surface area contributed by atoms with E-state index in [2.05, 4.69) is 26.6 Å². The molecule has 1 aromatic heterocycles. The second-order valence-electron chi connectivity index (χ2n) is 7.35. The van der Waals surface area contributed by atoms with Gasteiger partial charge >= 0.3 is 0 Å². The Hall–Kier alpha value is -2.19. The molecule has 0 spiro atoms. The second-order valence-corrected chi connectivity index (χ2v) is 9.51. The smallest absolute Gasteiger partial charge is 0.219 e. The Labute approximate surface area is 159 Å². The lowest BCUT2D eigenvalue weighted by atomic mass is 10.0. The van der Waals surface area contributed by atoms with E-state index in [1.807, 2.05) is 24.4 Å². The molecule has 0 unspecified atom stereocenters. The Morgan fingerprint density at radius 3 is 2.59 bits per heavy atom. The van der Waals surface area contributed by atoms with Crippen LogP contribution in [0.25, 0.3) is 0 Å². The number of hydrogen-bond donors (Lipinski definition) is 0. The van der Waals surface area contributed by atoms with Crippen molar-refractivity contribution >= 4 is 15.7 Å². The van der Waals surface area contributed by atoms with Crippen LogP contribution in [-0.4, -0.2) is 70.4 Å². The first-order valence-corrected chi connectivity index (χ1v) is 11.0. The van der Waals surface area contributed by atoms with Crippen molar-refractivity contribution in [3.8, 4) is 0 Å². The molecule has 1 aromatic carbocycles. The van der Waals surface area contributed by atoms with Crippen LogP contribution in [0.5, 0.6) is 0 Å². The molecule has 2 atom stereocenters. The molecule has 3 heterocycles. The van der Waals surface area contributed by atoms with Crippen LogP contribution < -0.4 is 0 Å². The largest absolute Gasteiger partial charge is 0.336 e. The molecule has 2 saturated heterocycles. The van der Waals surface area contributed by atoms with Crippen LogP contribution in [-0.2, 0) is 27.7 Å². The minimum Gasteiger partial charge on any atom is -0.336 e. The van der Waals surface area contributed by atoms with E-state index in [-0.39, 0.29) is 29.5 Å². The molecular weight excluding hydrogens is 364 g/mol. The van der Waals surface area contributed by atoms with Crippen molar-refractivity contribution in [1.29, 1.82) is 0 Å². The van der Waals surface area contributed by atoms with E-state index in [4.69, 9.17) is 0 Å². The third-order valence-electron chi connectivity index (χ3n) is 5.54. The van der Waals surface area contributed by atoms with Gasteiger partial charge in [-0.3, -0.25) is 9.69 Å². The maximum absolute atomic E-state index is 12.2. The van der Waals surface area contributed by atoms with Crippen molar-refractivity contribution in [2.75, 3.05) is 24.6 Å². The third-order valence-corrected chi connectivity index (χ3v) is 7.24. The zero-order valence-corrected chi connectivity index (χ0v) is 16.2. The number of imidazole rings is 1. The van der Waals surface area contributed by atoms with Gasteiger partial charge in [0.25, 0.3) is 0 Å². The number of fused-ring (bicyclic) bond motifs is 1. The predicted octanol–water partition coefficient (Wildman–Crippen LogP) is 0.761. The predicted molar refractivity (Wildman–Crippen MR) is 102 cm³/mol. The summed E-state index contributed by atoms with van der Waals surface area (Å²) in [6.45, 7) is 4.06. The summed E-state index contributed by atoms with van der Waals surface area (Å²) in [4.78, 5) is 20.3. The lowest BCUT2D eigenvalue weighted by Gasteiger charge is -2.43. The maximum Gasteiger partial charge on any atom is 0.219 e. The molecule has 0 saturated carbocycles. The first-order chi connectivity index (χ1) is 12.9. The summed E-state index contributed by atoms with van der Waals surface area (Å²) in [5.74, 6) is 1.04. The number of benzene rings is 1. The van der Waals surface area contributed by atoms with Gasteiger partial charge < -0.3 is 9.47 Å². The molecule has 0 aliphatic carbocycles. The molecule has 4 rings (SSSR count). The minimum absolute atomic E-state index is 0.0488. The molecule has 2 aliphatic rings. The fourth-order valence-corrected chi connectivity index (χ4v) is 6.22. The van der Waals surface area contributed by atoms with Crippen molar-refractivity contribution in [1.82, 2.24) is 19.4 Å². The molecular formula is C19H24N4O3S. The van der Waals surface area contributed by atoms with Gasteiger partial charge in [0.1, 0.15) is 5.82 Å². The van der Waals surface area contributed by atoms with Crippen LogP contribution in [0.3, 0.4) is 0 Å². The van der Waals surface area contributed by atoms with Gasteiger partial charge in [-0.25, -0.2) is 13.4 Å². The Bertz CT molecular complexity index is 925. The standard InChI is InChI=1S/C19H24N4O3S/c1-15(24)23-10-9-21(17-13-27(25,26)14-18(17)23)12-19-20-7-8-22(19)11-16-5-3-2-4-6-16/h2-8,17-18H,9-14H2,1H3/t17-,18+/m0/s1. The van der Waals surface area contributed by atoms with Gasteiger partial charge in [0.05, 0.1) is 24.1 Å². The summed E-state index contributed by atoms with van der Waals surface area (Å²) in [6, 6.07) is 9.77. The number of piperazine rings is 1. The van der Waals surface area contributed by atoms with E-state index >= 15 is 0 Å². The highest BCUT2D eigenvalue weighted by molar-refractivity contribution is 7.91. The highest BCUT2D eigenvalue weighted by atomic mass is 32.2. The highest BCUT2D eigenvalue weighted by Crippen LogP contribution is 2.28. The van der Waals surface area contributed by atoms with Crippen molar-refractivity contribution < 1.29 is 13.2 Å². The van der Waals surface area contributed by atoms with Crippen LogP contribution in [0.4, 0.5) is 0 Å². The average molecular weight is 388 g/mol. The third kappa shape index (κ3) is 3.77. The van der Waals surface area contributed by atoms with Crippen molar-refractivity contribution in [3.63, 3.8) is 0 Å². The van der Waals surface area contributed by atoms with Gasteiger partial charge in [-0.2, -0.15) is 0 Å². The van der Waals surface area contributed by atoms with E-state index in [1.165, 1.54) is 12.5 Å². The van der Waals surface area contributed by atoms with Crippen LogP contribution in [0.2, 0.25) is 0 Å². The summed E-state index contributed by atoms with van der Waals surface area (Å²) in [5.41, 5.74) is 1.19. The van der Waals surface area contributed by atoms with Gasteiger partial charge in [-0.15, -0.1) is 0 Å². The zero-order chi connectivity index (χ0) is 19.0. The van der Waals surface area contributed by atoms with Crippen LogP contribution in [0.1, 0.15) is 18.3 Å². The van der Waals surface area contributed by atoms with E-state index < -0.39 is 9.84 Å². The summed E-state index contributed by atoms with van der Waals surface area (Å²) in [7, 11) is -3.13.